The zero-order chi connectivity index (χ0) is 21.3. The maximum Gasteiger partial charge on any atom is 0.335 e. The first-order chi connectivity index (χ1) is 12.8. The maximum absolute atomic E-state index is 12.0. The molecule has 0 saturated carbocycles. The van der Waals surface area contributed by atoms with Crippen molar-refractivity contribution < 1.29 is 9.53 Å². The number of carbonyl (C=O) groups is 1. The Labute approximate surface area is 170 Å². The lowest BCUT2D eigenvalue weighted by Crippen LogP contribution is -2.17. The minimum absolute atomic E-state index is 0.0854. The summed E-state index contributed by atoms with van der Waals surface area (Å²) in [6.07, 6.45) is 1.94. The first-order valence-corrected chi connectivity index (χ1v) is 9.90. The molecule has 0 aliphatic heterocycles. The van der Waals surface area contributed by atoms with Crippen LogP contribution in [0.5, 0.6) is 5.75 Å². The van der Waals surface area contributed by atoms with E-state index < -0.39 is 5.97 Å². The number of carbonyl (C=O) groups excluding carboxylic acids is 1. The quantitative estimate of drug-likeness (QED) is 0.341. The summed E-state index contributed by atoms with van der Waals surface area (Å²) in [4.78, 5) is 12.0. The lowest BCUT2D eigenvalue weighted by atomic mass is 9.82. The summed E-state index contributed by atoms with van der Waals surface area (Å²) in [5, 5.41) is 0. The van der Waals surface area contributed by atoms with Gasteiger partial charge in [-0.15, -0.1) is 0 Å². The van der Waals surface area contributed by atoms with E-state index in [2.05, 4.69) is 92.3 Å². The molecule has 0 atom stereocenters. The second-order valence-electron chi connectivity index (χ2n) is 9.81. The molecular weight excluding hydrogens is 344 g/mol. The summed E-state index contributed by atoms with van der Waals surface area (Å²) < 4.78 is 5.75. The Bertz CT molecular complexity index is 890. The van der Waals surface area contributed by atoms with Crippen LogP contribution < -0.4 is 4.74 Å². The molecule has 0 saturated heterocycles. The van der Waals surface area contributed by atoms with Crippen molar-refractivity contribution in [3.63, 3.8) is 0 Å². The van der Waals surface area contributed by atoms with Gasteiger partial charge in [0, 0.05) is 18.1 Å². The van der Waals surface area contributed by atoms with Crippen LogP contribution in [-0.2, 0) is 22.0 Å². The first kappa shape index (κ1) is 21.9. The van der Waals surface area contributed by atoms with Crippen LogP contribution in [0.1, 0.15) is 74.9 Å². The second kappa shape index (κ2) is 7.95. The summed E-state index contributed by atoms with van der Waals surface area (Å²) in [6, 6.07) is 11.0. The number of esters is 1. The lowest BCUT2D eigenvalue weighted by molar-refractivity contribution is -0.129. The predicted octanol–water partition coefficient (Wildman–Crippen LogP) is 6.58. The fraction of sp³-hybridized carbons (Fsp3) is 0.423. The summed E-state index contributed by atoms with van der Waals surface area (Å²) in [5.74, 6) is 0.247. The molecular formula is C26H34O2. The van der Waals surface area contributed by atoms with Gasteiger partial charge in [0.05, 0.1) is 0 Å². The van der Waals surface area contributed by atoms with Crippen molar-refractivity contribution in [3.8, 4) is 5.75 Å². The third-order valence-corrected chi connectivity index (χ3v) is 4.89. The molecule has 0 aliphatic carbocycles. The Morgan fingerprint density at radius 1 is 0.929 bits per heavy atom. The molecule has 0 N–H and O–H groups in total. The van der Waals surface area contributed by atoms with E-state index in [9.17, 15) is 4.79 Å². The number of hydrogen-bond acceptors (Lipinski definition) is 2. The van der Waals surface area contributed by atoms with E-state index in [4.69, 9.17) is 4.74 Å². The summed E-state index contributed by atoms with van der Waals surface area (Å²) in [6.45, 7) is 20.9. The topological polar surface area (TPSA) is 26.3 Å². The van der Waals surface area contributed by atoms with Crippen LogP contribution in [0.3, 0.4) is 0 Å². The minimum Gasteiger partial charge on any atom is -0.423 e. The SMILES string of the molecule is C=CC(=O)Oc1c(Cc2cc(C)cc(C(C)(C)C)c2)cc(C)cc1C(C)(C)C. The van der Waals surface area contributed by atoms with Crippen molar-refractivity contribution in [1.82, 2.24) is 0 Å². The van der Waals surface area contributed by atoms with E-state index in [1.54, 1.807) is 0 Å². The molecule has 2 aromatic carbocycles. The molecule has 0 radical (unpaired) electrons. The number of benzene rings is 2. The van der Waals surface area contributed by atoms with Crippen molar-refractivity contribution in [2.45, 2.75) is 72.6 Å². The Balaban J connectivity index is 2.62. The average molecular weight is 379 g/mol. The largest absolute Gasteiger partial charge is 0.423 e. The fourth-order valence-electron chi connectivity index (χ4n) is 3.42. The number of ether oxygens (including phenoxy) is 1. The van der Waals surface area contributed by atoms with Crippen molar-refractivity contribution in [3.05, 3.63) is 76.4 Å². The highest BCUT2D eigenvalue weighted by Gasteiger charge is 2.24. The standard InChI is InChI=1S/C26H34O2/c1-10-23(27)28-24-20(12-18(3)14-22(24)26(7,8)9)15-19-11-17(2)13-21(16-19)25(4,5)6/h10-14,16H,1,15H2,2-9H3. The van der Waals surface area contributed by atoms with Gasteiger partial charge in [-0.3, -0.25) is 0 Å². The van der Waals surface area contributed by atoms with Gasteiger partial charge in [-0.2, -0.15) is 0 Å². The summed E-state index contributed by atoms with van der Waals surface area (Å²) >= 11 is 0. The van der Waals surface area contributed by atoms with Crippen LogP contribution in [0, 0.1) is 13.8 Å². The Kier molecular flexibility index (Phi) is 6.23. The fourth-order valence-corrected chi connectivity index (χ4v) is 3.42. The molecule has 150 valence electrons. The highest BCUT2D eigenvalue weighted by Crippen LogP contribution is 2.37. The van der Waals surface area contributed by atoms with Crippen LogP contribution in [-0.4, -0.2) is 5.97 Å². The van der Waals surface area contributed by atoms with E-state index >= 15 is 0 Å². The van der Waals surface area contributed by atoms with Crippen LogP contribution >= 0.6 is 0 Å². The number of aryl methyl sites for hydroxylation is 2. The van der Waals surface area contributed by atoms with Gasteiger partial charge in [0.2, 0.25) is 0 Å². The molecule has 0 unspecified atom stereocenters. The van der Waals surface area contributed by atoms with E-state index in [0.29, 0.717) is 5.75 Å². The highest BCUT2D eigenvalue weighted by atomic mass is 16.5. The van der Waals surface area contributed by atoms with Gasteiger partial charge in [0.15, 0.2) is 0 Å². The van der Waals surface area contributed by atoms with Gasteiger partial charge in [0.1, 0.15) is 5.75 Å². The Morgan fingerprint density at radius 3 is 2.07 bits per heavy atom. The van der Waals surface area contributed by atoms with Gasteiger partial charge >= 0.3 is 5.97 Å². The van der Waals surface area contributed by atoms with E-state index in [1.165, 1.54) is 28.3 Å². The second-order valence-corrected chi connectivity index (χ2v) is 9.81. The van der Waals surface area contributed by atoms with Crippen LogP contribution in [0.25, 0.3) is 0 Å². The van der Waals surface area contributed by atoms with Crippen LogP contribution in [0.4, 0.5) is 0 Å². The van der Waals surface area contributed by atoms with Crippen molar-refractivity contribution in [2.75, 3.05) is 0 Å². The van der Waals surface area contributed by atoms with Crippen molar-refractivity contribution in [1.29, 1.82) is 0 Å². The summed E-state index contributed by atoms with van der Waals surface area (Å²) in [5.41, 5.74) is 6.98. The van der Waals surface area contributed by atoms with Crippen LogP contribution in [0.2, 0.25) is 0 Å². The van der Waals surface area contributed by atoms with Crippen molar-refractivity contribution in [2.24, 2.45) is 0 Å². The molecule has 0 amide bonds. The number of rotatable bonds is 4. The summed E-state index contributed by atoms with van der Waals surface area (Å²) in [7, 11) is 0. The van der Waals surface area contributed by atoms with Gasteiger partial charge in [-0.05, 0) is 41.4 Å². The van der Waals surface area contributed by atoms with Crippen molar-refractivity contribution >= 4 is 5.97 Å². The molecule has 28 heavy (non-hydrogen) atoms. The average Bonchev–Trinajstić information content (AvgIpc) is 2.54. The minimum atomic E-state index is -0.421. The first-order valence-electron chi connectivity index (χ1n) is 9.90. The molecule has 0 aliphatic rings. The molecule has 2 aromatic rings. The molecule has 0 aromatic heterocycles. The highest BCUT2D eigenvalue weighted by molar-refractivity contribution is 5.84. The third kappa shape index (κ3) is 5.34. The van der Waals surface area contributed by atoms with Gasteiger partial charge in [-0.1, -0.05) is 89.6 Å². The van der Waals surface area contributed by atoms with E-state index in [1.807, 2.05) is 0 Å². The van der Waals surface area contributed by atoms with Crippen LogP contribution in [0.15, 0.2) is 43.0 Å². The normalized spacial score (nSPS) is 12.0. The molecule has 0 spiro atoms. The Hall–Kier alpha value is -2.35. The molecule has 2 heteroatoms. The maximum atomic E-state index is 12.0. The molecule has 0 heterocycles. The molecule has 0 fully saturated rings. The molecule has 2 nitrogen and oxygen atoms in total. The Morgan fingerprint density at radius 2 is 1.54 bits per heavy atom. The third-order valence-electron chi connectivity index (χ3n) is 4.89. The number of hydrogen-bond donors (Lipinski definition) is 0. The molecule has 0 bridgehead atoms. The zero-order valence-electron chi connectivity index (χ0n) is 18.7. The lowest BCUT2D eigenvalue weighted by Gasteiger charge is -2.25. The van der Waals surface area contributed by atoms with Gasteiger partial charge < -0.3 is 4.74 Å². The monoisotopic (exact) mass is 378 g/mol. The van der Waals surface area contributed by atoms with Gasteiger partial charge in [-0.25, -0.2) is 4.79 Å². The van der Waals surface area contributed by atoms with E-state index in [0.717, 1.165) is 17.5 Å². The van der Waals surface area contributed by atoms with Gasteiger partial charge in [0.25, 0.3) is 0 Å². The smallest absolute Gasteiger partial charge is 0.335 e. The predicted molar refractivity (Wildman–Crippen MR) is 118 cm³/mol. The van der Waals surface area contributed by atoms with E-state index in [-0.39, 0.29) is 10.8 Å². The zero-order valence-corrected chi connectivity index (χ0v) is 18.7. The molecule has 2 rings (SSSR count).